The Balaban J connectivity index is 1.49. The van der Waals surface area contributed by atoms with Crippen LogP contribution in [0.3, 0.4) is 0 Å². The Labute approximate surface area is 105 Å². The summed E-state index contributed by atoms with van der Waals surface area (Å²) in [5.74, 6) is 0.882. The molecule has 2 rings (SSSR count). The van der Waals surface area contributed by atoms with E-state index in [9.17, 15) is 8.42 Å². The number of nitrogens with one attached hydrogen (secondary N) is 2. The lowest BCUT2D eigenvalue weighted by atomic mass is 9.86. The lowest BCUT2D eigenvalue weighted by Crippen LogP contribution is -2.33. The third-order valence-corrected chi connectivity index (χ3v) is 5.10. The lowest BCUT2D eigenvalue weighted by Gasteiger charge is -2.25. The number of sulfonamides is 1. The Morgan fingerprint density at radius 3 is 2.41 bits per heavy atom. The second-order valence-corrected chi connectivity index (χ2v) is 7.33. The van der Waals surface area contributed by atoms with Crippen LogP contribution in [0.4, 0.5) is 0 Å². The summed E-state index contributed by atoms with van der Waals surface area (Å²) < 4.78 is 26.0. The maximum absolute atomic E-state index is 11.7. The van der Waals surface area contributed by atoms with E-state index in [1.54, 1.807) is 0 Å². The van der Waals surface area contributed by atoms with Gasteiger partial charge in [-0.15, -0.1) is 0 Å². The van der Waals surface area contributed by atoms with E-state index >= 15 is 0 Å². The standard InChI is InChI=1S/C12H24N2O2S/c15-17(16,14-10-11-4-3-5-11)9-2-1-8-13-12-6-7-12/h11-14H,1-10H2. The van der Waals surface area contributed by atoms with Crippen molar-refractivity contribution < 1.29 is 8.42 Å². The Hall–Kier alpha value is -0.130. The van der Waals surface area contributed by atoms with Crippen LogP contribution in [0.15, 0.2) is 0 Å². The van der Waals surface area contributed by atoms with Gasteiger partial charge in [-0.3, -0.25) is 0 Å². The molecule has 2 saturated carbocycles. The number of hydrogen-bond acceptors (Lipinski definition) is 3. The van der Waals surface area contributed by atoms with Crippen molar-refractivity contribution >= 4 is 10.0 Å². The summed E-state index contributed by atoms with van der Waals surface area (Å²) in [5, 5.41) is 3.40. The molecule has 17 heavy (non-hydrogen) atoms. The molecule has 100 valence electrons. The topological polar surface area (TPSA) is 58.2 Å². The number of rotatable bonds is 9. The zero-order valence-corrected chi connectivity index (χ0v) is 11.3. The van der Waals surface area contributed by atoms with Crippen molar-refractivity contribution in [3.05, 3.63) is 0 Å². The minimum absolute atomic E-state index is 0.284. The highest BCUT2D eigenvalue weighted by Gasteiger charge is 2.21. The second kappa shape index (κ2) is 6.16. The van der Waals surface area contributed by atoms with Gasteiger partial charge in [-0.2, -0.15) is 0 Å². The maximum atomic E-state index is 11.7. The van der Waals surface area contributed by atoms with Crippen molar-refractivity contribution in [2.45, 2.75) is 51.0 Å². The zero-order chi connectivity index (χ0) is 12.1. The van der Waals surface area contributed by atoms with Gasteiger partial charge in [0, 0.05) is 12.6 Å². The summed E-state index contributed by atoms with van der Waals surface area (Å²) in [6.45, 7) is 1.62. The van der Waals surface area contributed by atoms with Gasteiger partial charge in [-0.05, 0) is 51.0 Å². The van der Waals surface area contributed by atoms with Gasteiger partial charge in [0.05, 0.1) is 5.75 Å². The molecule has 2 aliphatic rings. The molecule has 0 aromatic carbocycles. The first-order chi connectivity index (χ1) is 8.16. The fourth-order valence-electron chi connectivity index (χ4n) is 2.02. The summed E-state index contributed by atoms with van der Waals surface area (Å²) in [6.07, 6.45) is 7.95. The van der Waals surface area contributed by atoms with E-state index in [0.717, 1.165) is 25.4 Å². The van der Waals surface area contributed by atoms with Crippen LogP contribution in [0.2, 0.25) is 0 Å². The maximum Gasteiger partial charge on any atom is 0.211 e. The minimum atomic E-state index is -3.02. The van der Waals surface area contributed by atoms with E-state index in [2.05, 4.69) is 10.0 Å². The van der Waals surface area contributed by atoms with Crippen molar-refractivity contribution in [1.29, 1.82) is 0 Å². The normalized spacial score (nSPS) is 21.4. The predicted octanol–water partition coefficient (Wildman–Crippen LogP) is 1.24. The van der Waals surface area contributed by atoms with E-state index < -0.39 is 10.0 Å². The zero-order valence-electron chi connectivity index (χ0n) is 10.5. The van der Waals surface area contributed by atoms with Crippen LogP contribution in [0.1, 0.15) is 44.9 Å². The molecule has 5 heteroatoms. The van der Waals surface area contributed by atoms with Crippen LogP contribution in [-0.2, 0) is 10.0 Å². The molecule has 0 spiro atoms. The molecule has 0 atom stereocenters. The Morgan fingerprint density at radius 2 is 1.82 bits per heavy atom. The molecule has 0 aromatic rings. The fourth-order valence-corrected chi connectivity index (χ4v) is 3.24. The molecular formula is C12H24N2O2S. The van der Waals surface area contributed by atoms with Gasteiger partial charge < -0.3 is 5.32 Å². The van der Waals surface area contributed by atoms with E-state index in [0.29, 0.717) is 12.5 Å². The van der Waals surface area contributed by atoms with Crippen LogP contribution < -0.4 is 10.0 Å². The van der Waals surface area contributed by atoms with Crippen LogP contribution in [-0.4, -0.2) is 33.3 Å². The summed E-state index contributed by atoms with van der Waals surface area (Å²) in [5.41, 5.74) is 0. The molecule has 4 nitrogen and oxygen atoms in total. The molecule has 0 amide bonds. The third-order valence-electron chi connectivity index (χ3n) is 3.67. The van der Waals surface area contributed by atoms with E-state index in [1.165, 1.54) is 32.1 Å². The summed E-state index contributed by atoms with van der Waals surface area (Å²) >= 11 is 0. The average Bonchev–Trinajstić information content (AvgIpc) is 2.98. The van der Waals surface area contributed by atoms with E-state index in [-0.39, 0.29) is 5.75 Å². The molecular weight excluding hydrogens is 236 g/mol. The molecule has 0 unspecified atom stereocenters. The number of unbranched alkanes of at least 4 members (excludes halogenated alkanes) is 1. The molecule has 0 aliphatic heterocycles. The largest absolute Gasteiger partial charge is 0.314 e. The molecule has 0 aromatic heterocycles. The highest BCUT2D eigenvalue weighted by Crippen LogP contribution is 2.25. The van der Waals surface area contributed by atoms with Crippen LogP contribution in [0, 0.1) is 5.92 Å². The Bertz CT molecular complexity index is 321. The van der Waals surface area contributed by atoms with Crippen molar-refractivity contribution in [3.8, 4) is 0 Å². The fraction of sp³-hybridized carbons (Fsp3) is 1.00. The second-order valence-electron chi connectivity index (χ2n) is 5.40. The van der Waals surface area contributed by atoms with Crippen molar-refractivity contribution in [3.63, 3.8) is 0 Å². The van der Waals surface area contributed by atoms with Gasteiger partial charge in [0.2, 0.25) is 10.0 Å². The first-order valence-corrected chi connectivity index (χ1v) is 8.52. The highest BCUT2D eigenvalue weighted by atomic mass is 32.2. The molecule has 0 saturated heterocycles. The van der Waals surface area contributed by atoms with Crippen molar-refractivity contribution in [2.24, 2.45) is 5.92 Å². The monoisotopic (exact) mass is 260 g/mol. The molecule has 2 N–H and O–H groups in total. The average molecular weight is 260 g/mol. The van der Waals surface area contributed by atoms with E-state index in [4.69, 9.17) is 0 Å². The molecule has 2 fully saturated rings. The Kier molecular flexibility index (Phi) is 4.82. The van der Waals surface area contributed by atoms with Gasteiger partial charge >= 0.3 is 0 Å². The highest BCUT2D eigenvalue weighted by molar-refractivity contribution is 7.89. The van der Waals surface area contributed by atoms with Gasteiger partial charge in [-0.1, -0.05) is 6.42 Å². The molecule has 0 heterocycles. The predicted molar refractivity (Wildman–Crippen MR) is 69.4 cm³/mol. The summed E-state index contributed by atoms with van der Waals surface area (Å²) in [4.78, 5) is 0. The first-order valence-electron chi connectivity index (χ1n) is 6.86. The molecule has 0 bridgehead atoms. The smallest absolute Gasteiger partial charge is 0.211 e. The van der Waals surface area contributed by atoms with Gasteiger partial charge in [0.1, 0.15) is 0 Å². The molecule has 0 radical (unpaired) electrons. The summed E-state index contributed by atoms with van der Waals surface area (Å²) in [6, 6.07) is 0.725. The minimum Gasteiger partial charge on any atom is -0.314 e. The van der Waals surface area contributed by atoms with E-state index in [1.807, 2.05) is 0 Å². The van der Waals surface area contributed by atoms with Crippen molar-refractivity contribution in [2.75, 3.05) is 18.8 Å². The molecule has 2 aliphatic carbocycles. The van der Waals surface area contributed by atoms with Gasteiger partial charge in [-0.25, -0.2) is 13.1 Å². The summed E-state index contributed by atoms with van der Waals surface area (Å²) in [7, 11) is -3.02. The third kappa shape index (κ3) is 5.36. The van der Waals surface area contributed by atoms with Crippen LogP contribution in [0.5, 0.6) is 0 Å². The SMILES string of the molecule is O=S(=O)(CCCCNC1CC1)NCC1CCC1. The Morgan fingerprint density at radius 1 is 1.06 bits per heavy atom. The van der Waals surface area contributed by atoms with Crippen molar-refractivity contribution in [1.82, 2.24) is 10.0 Å². The van der Waals surface area contributed by atoms with Crippen LogP contribution in [0.25, 0.3) is 0 Å². The first kappa shape index (κ1) is 13.3. The quantitative estimate of drug-likeness (QED) is 0.613. The lowest BCUT2D eigenvalue weighted by molar-refractivity contribution is 0.316. The van der Waals surface area contributed by atoms with Crippen LogP contribution >= 0.6 is 0 Å². The number of hydrogen-bond donors (Lipinski definition) is 2. The van der Waals surface area contributed by atoms with Gasteiger partial charge in [0.25, 0.3) is 0 Å². The van der Waals surface area contributed by atoms with Gasteiger partial charge in [0.15, 0.2) is 0 Å².